The highest BCUT2D eigenvalue weighted by molar-refractivity contribution is 5.23. The number of hydrogen-bond donors (Lipinski definition) is 1. The van der Waals surface area contributed by atoms with Crippen molar-refractivity contribution in [3.05, 3.63) is 60.7 Å². The summed E-state index contributed by atoms with van der Waals surface area (Å²) in [7, 11) is 0. The van der Waals surface area contributed by atoms with Crippen molar-refractivity contribution in [2.45, 2.75) is 13.3 Å². The Bertz CT molecular complexity index is 403. The number of benzene rings is 2. The zero-order chi connectivity index (χ0) is 12.6. The molecule has 1 N–H and O–H groups in total. The lowest BCUT2D eigenvalue weighted by Gasteiger charge is -2.20. The van der Waals surface area contributed by atoms with Crippen molar-refractivity contribution in [1.29, 1.82) is 0 Å². The molecule has 0 atom stereocenters. The average molecular weight is 243 g/mol. The second-order valence-corrected chi connectivity index (χ2v) is 3.75. The standard InChI is InChI=1S/C15H17NO2/c1-2-16-15(17-13-9-5-3-6-10-13)18-14-11-7-4-8-12-14/h3-12,15-16H,2H2,1H3. The first kappa shape index (κ1) is 12.5. The van der Waals surface area contributed by atoms with Gasteiger partial charge in [0.1, 0.15) is 11.5 Å². The van der Waals surface area contributed by atoms with Crippen LogP contribution in [-0.2, 0) is 0 Å². The van der Waals surface area contributed by atoms with Gasteiger partial charge in [-0.1, -0.05) is 43.3 Å². The number of para-hydroxylation sites is 2. The van der Waals surface area contributed by atoms with Gasteiger partial charge in [-0.25, -0.2) is 5.32 Å². The van der Waals surface area contributed by atoms with Gasteiger partial charge in [-0.2, -0.15) is 0 Å². The lowest BCUT2D eigenvalue weighted by atomic mass is 10.3. The Morgan fingerprint density at radius 1 is 0.833 bits per heavy atom. The highest BCUT2D eigenvalue weighted by Crippen LogP contribution is 2.14. The maximum atomic E-state index is 5.73. The Kier molecular flexibility index (Phi) is 4.61. The molecule has 0 radical (unpaired) electrons. The molecule has 94 valence electrons. The molecule has 0 aliphatic carbocycles. The van der Waals surface area contributed by atoms with Crippen molar-refractivity contribution in [3.8, 4) is 11.5 Å². The summed E-state index contributed by atoms with van der Waals surface area (Å²) in [5.74, 6) is 1.55. The molecule has 3 nitrogen and oxygen atoms in total. The largest absolute Gasteiger partial charge is 0.442 e. The number of ether oxygens (including phenoxy) is 2. The number of nitrogens with one attached hydrogen (secondary N) is 1. The summed E-state index contributed by atoms with van der Waals surface area (Å²) in [5.41, 5.74) is 0. The molecule has 0 unspecified atom stereocenters. The summed E-state index contributed by atoms with van der Waals surface area (Å²) in [4.78, 5) is 0. The maximum Gasteiger partial charge on any atom is 0.302 e. The van der Waals surface area contributed by atoms with Crippen molar-refractivity contribution in [3.63, 3.8) is 0 Å². The minimum Gasteiger partial charge on any atom is -0.442 e. The Hall–Kier alpha value is -2.00. The summed E-state index contributed by atoms with van der Waals surface area (Å²) in [6.07, 6.45) is -0.486. The van der Waals surface area contributed by atoms with E-state index in [1.54, 1.807) is 0 Å². The smallest absolute Gasteiger partial charge is 0.302 e. The molecular weight excluding hydrogens is 226 g/mol. The molecule has 2 rings (SSSR count). The van der Waals surface area contributed by atoms with Crippen LogP contribution in [0.15, 0.2) is 60.7 Å². The van der Waals surface area contributed by atoms with Crippen LogP contribution < -0.4 is 14.8 Å². The highest BCUT2D eigenvalue weighted by atomic mass is 16.7. The Morgan fingerprint density at radius 2 is 1.28 bits per heavy atom. The molecule has 0 bridgehead atoms. The van der Waals surface area contributed by atoms with Crippen molar-refractivity contribution in [2.24, 2.45) is 0 Å². The van der Waals surface area contributed by atoms with Crippen molar-refractivity contribution >= 4 is 0 Å². The van der Waals surface area contributed by atoms with E-state index in [9.17, 15) is 0 Å². The van der Waals surface area contributed by atoms with Crippen LogP contribution in [0.1, 0.15) is 6.92 Å². The lowest BCUT2D eigenvalue weighted by molar-refractivity contribution is -0.0203. The topological polar surface area (TPSA) is 30.5 Å². The molecule has 0 heterocycles. The van der Waals surface area contributed by atoms with Gasteiger partial charge in [-0.3, -0.25) is 0 Å². The van der Waals surface area contributed by atoms with Crippen LogP contribution in [0, 0.1) is 0 Å². The summed E-state index contributed by atoms with van der Waals surface area (Å²) < 4.78 is 11.5. The molecule has 0 aliphatic rings. The van der Waals surface area contributed by atoms with Crippen molar-refractivity contribution in [2.75, 3.05) is 6.54 Å². The predicted octanol–water partition coefficient (Wildman–Crippen LogP) is 3.04. The van der Waals surface area contributed by atoms with E-state index in [2.05, 4.69) is 5.32 Å². The van der Waals surface area contributed by atoms with Crippen LogP contribution in [0.3, 0.4) is 0 Å². The molecule has 2 aromatic carbocycles. The van der Waals surface area contributed by atoms with Crippen molar-refractivity contribution < 1.29 is 9.47 Å². The van der Waals surface area contributed by atoms with E-state index < -0.39 is 6.41 Å². The summed E-state index contributed by atoms with van der Waals surface area (Å²) in [6, 6.07) is 19.2. The summed E-state index contributed by atoms with van der Waals surface area (Å²) in [5, 5.41) is 3.14. The van der Waals surface area contributed by atoms with Crippen LogP contribution in [0.2, 0.25) is 0 Å². The Labute approximate surface area is 107 Å². The minimum atomic E-state index is -0.486. The normalized spacial score (nSPS) is 10.3. The van der Waals surface area contributed by atoms with E-state index >= 15 is 0 Å². The van der Waals surface area contributed by atoms with Crippen LogP contribution in [0.5, 0.6) is 11.5 Å². The fourth-order valence-electron chi connectivity index (χ4n) is 1.52. The van der Waals surface area contributed by atoms with Crippen LogP contribution in [0.25, 0.3) is 0 Å². The summed E-state index contributed by atoms with van der Waals surface area (Å²) in [6.45, 7) is 2.78. The fraction of sp³-hybridized carbons (Fsp3) is 0.200. The molecule has 0 spiro atoms. The third-order valence-corrected chi connectivity index (χ3v) is 2.34. The van der Waals surface area contributed by atoms with Crippen LogP contribution in [0.4, 0.5) is 0 Å². The Balaban J connectivity index is 2.00. The molecule has 0 aromatic heterocycles. The average Bonchev–Trinajstić information content (AvgIpc) is 2.41. The Morgan fingerprint density at radius 3 is 1.67 bits per heavy atom. The van der Waals surface area contributed by atoms with Gasteiger partial charge in [0.2, 0.25) is 0 Å². The third kappa shape index (κ3) is 3.79. The SMILES string of the molecule is CCNC(Oc1ccccc1)Oc1ccccc1. The first-order valence-corrected chi connectivity index (χ1v) is 6.05. The second-order valence-electron chi connectivity index (χ2n) is 3.75. The van der Waals surface area contributed by atoms with E-state index in [1.807, 2.05) is 67.6 Å². The molecule has 2 aromatic rings. The lowest BCUT2D eigenvalue weighted by Crippen LogP contribution is -2.39. The van der Waals surface area contributed by atoms with Crippen LogP contribution >= 0.6 is 0 Å². The monoisotopic (exact) mass is 243 g/mol. The third-order valence-electron chi connectivity index (χ3n) is 2.34. The van der Waals surface area contributed by atoms with Gasteiger partial charge in [0.05, 0.1) is 0 Å². The maximum absolute atomic E-state index is 5.73. The molecule has 0 saturated heterocycles. The van der Waals surface area contributed by atoms with E-state index in [0.717, 1.165) is 18.0 Å². The molecule has 3 heteroatoms. The molecule has 18 heavy (non-hydrogen) atoms. The molecular formula is C15H17NO2. The summed E-state index contributed by atoms with van der Waals surface area (Å²) >= 11 is 0. The first-order chi connectivity index (χ1) is 8.88. The molecule has 0 fully saturated rings. The zero-order valence-corrected chi connectivity index (χ0v) is 10.4. The van der Waals surface area contributed by atoms with Crippen molar-refractivity contribution in [1.82, 2.24) is 5.32 Å². The van der Waals surface area contributed by atoms with E-state index in [4.69, 9.17) is 9.47 Å². The van der Waals surface area contributed by atoms with Crippen LogP contribution in [-0.4, -0.2) is 13.0 Å². The zero-order valence-electron chi connectivity index (χ0n) is 10.4. The van der Waals surface area contributed by atoms with E-state index in [-0.39, 0.29) is 0 Å². The molecule has 0 amide bonds. The first-order valence-electron chi connectivity index (χ1n) is 6.05. The van der Waals surface area contributed by atoms with E-state index in [1.165, 1.54) is 0 Å². The van der Waals surface area contributed by atoms with Gasteiger partial charge in [0.15, 0.2) is 0 Å². The molecule has 0 aliphatic heterocycles. The highest BCUT2D eigenvalue weighted by Gasteiger charge is 2.09. The van der Waals surface area contributed by atoms with Gasteiger partial charge >= 0.3 is 6.41 Å². The van der Waals surface area contributed by atoms with E-state index in [0.29, 0.717) is 0 Å². The van der Waals surface area contributed by atoms with Gasteiger partial charge in [0, 0.05) is 0 Å². The second kappa shape index (κ2) is 6.67. The quantitative estimate of drug-likeness (QED) is 0.791. The molecule has 0 saturated carbocycles. The van der Waals surface area contributed by atoms with Gasteiger partial charge < -0.3 is 9.47 Å². The number of rotatable bonds is 6. The van der Waals surface area contributed by atoms with Gasteiger partial charge in [0.25, 0.3) is 0 Å². The van der Waals surface area contributed by atoms with Gasteiger partial charge in [-0.05, 0) is 30.8 Å². The minimum absolute atomic E-state index is 0.486. The number of hydrogen-bond acceptors (Lipinski definition) is 3. The van der Waals surface area contributed by atoms with Gasteiger partial charge in [-0.15, -0.1) is 0 Å². The predicted molar refractivity (Wildman–Crippen MR) is 71.6 cm³/mol. The fourth-order valence-corrected chi connectivity index (χ4v) is 1.52.